The molecule has 2 aromatic rings. The molecule has 0 atom stereocenters. The number of nitrogens with one attached hydrogen (secondary N) is 1. The van der Waals surface area contributed by atoms with Gasteiger partial charge in [-0.25, -0.2) is 4.79 Å². The number of hydrogen-bond donors (Lipinski definition) is 2. The number of aromatic carboxylic acids is 1. The predicted molar refractivity (Wildman–Crippen MR) is 78.7 cm³/mol. The van der Waals surface area contributed by atoms with E-state index in [-0.39, 0.29) is 11.5 Å². The number of nitrogens with zero attached hydrogens (tertiary/aromatic N) is 1. The number of amides is 1. The normalized spacial score (nSPS) is 10.1. The van der Waals surface area contributed by atoms with Gasteiger partial charge in [-0.05, 0) is 24.1 Å². The van der Waals surface area contributed by atoms with E-state index >= 15 is 0 Å². The topological polar surface area (TPSA) is 79.3 Å². The van der Waals surface area contributed by atoms with Crippen LogP contribution in [-0.4, -0.2) is 28.5 Å². The largest absolute Gasteiger partial charge is 0.478 e. The number of carboxylic acids is 1. The van der Waals surface area contributed by atoms with E-state index in [1.807, 2.05) is 0 Å². The van der Waals surface area contributed by atoms with Gasteiger partial charge in [0, 0.05) is 18.9 Å². The monoisotopic (exact) mass is 304 g/mol. The second-order valence-corrected chi connectivity index (χ2v) is 4.73. The molecule has 0 aliphatic heterocycles. The van der Waals surface area contributed by atoms with Crippen molar-refractivity contribution in [3.8, 4) is 0 Å². The Morgan fingerprint density at radius 2 is 1.95 bits per heavy atom. The average Bonchev–Trinajstić information content (AvgIpc) is 2.48. The van der Waals surface area contributed by atoms with Gasteiger partial charge in [0.05, 0.1) is 16.1 Å². The molecule has 108 valence electrons. The summed E-state index contributed by atoms with van der Waals surface area (Å²) in [4.78, 5) is 26.8. The lowest BCUT2D eigenvalue weighted by Gasteiger charge is -2.08. The van der Waals surface area contributed by atoms with E-state index in [0.29, 0.717) is 29.1 Å². The van der Waals surface area contributed by atoms with Gasteiger partial charge in [0.1, 0.15) is 0 Å². The van der Waals surface area contributed by atoms with E-state index in [1.165, 1.54) is 24.5 Å². The summed E-state index contributed by atoms with van der Waals surface area (Å²) in [6.45, 7) is 0.314. The quantitative estimate of drug-likeness (QED) is 0.889. The maximum Gasteiger partial charge on any atom is 0.335 e. The Morgan fingerprint density at radius 3 is 2.67 bits per heavy atom. The summed E-state index contributed by atoms with van der Waals surface area (Å²) in [5, 5.41) is 12.1. The zero-order chi connectivity index (χ0) is 15.2. The smallest absolute Gasteiger partial charge is 0.335 e. The van der Waals surface area contributed by atoms with Gasteiger partial charge in [0.2, 0.25) is 0 Å². The van der Waals surface area contributed by atoms with Gasteiger partial charge in [-0.3, -0.25) is 9.78 Å². The Labute approximate surface area is 126 Å². The highest BCUT2D eigenvalue weighted by molar-refractivity contribution is 6.33. The molecule has 1 heterocycles. The molecule has 0 aliphatic rings. The molecule has 0 spiro atoms. The summed E-state index contributed by atoms with van der Waals surface area (Å²) < 4.78 is 0. The molecule has 1 aromatic heterocycles. The van der Waals surface area contributed by atoms with Crippen molar-refractivity contribution in [2.24, 2.45) is 0 Å². The number of benzene rings is 1. The molecular formula is C15H13ClN2O3. The average molecular weight is 305 g/mol. The number of aromatic nitrogens is 1. The van der Waals surface area contributed by atoms with Crippen molar-refractivity contribution in [1.29, 1.82) is 0 Å². The minimum Gasteiger partial charge on any atom is -0.478 e. The zero-order valence-electron chi connectivity index (χ0n) is 11.0. The molecule has 0 fully saturated rings. The lowest BCUT2D eigenvalue weighted by atomic mass is 10.0. The maximum absolute atomic E-state index is 11.9. The summed E-state index contributed by atoms with van der Waals surface area (Å²) >= 11 is 5.90. The standard InChI is InChI=1S/C15H13ClN2O3/c16-13-6-7-17-9-12(13)14(19)18-8-5-10-3-1-2-4-11(10)15(20)21/h1-4,6-7,9H,5,8H2,(H,18,19)(H,20,21). The third-order valence-electron chi connectivity index (χ3n) is 2.94. The third-order valence-corrected chi connectivity index (χ3v) is 3.27. The predicted octanol–water partition coefficient (Wildman–Crippen LogP) is 2.41. The molecule has 0 unspecified atom stereocenters. The fraction of sp³-hybridized carbons (Fsp3) is 0.133. The minimum absolute atomic E-state index is 0.242. The summed E-state index contributed by atoms with van der Waals surface area (Å²) in [5.41, 5.74) is 1.21. The van der Waals surface area contributed by atoms with Gasteiger partial charge in [-0.15, -0.1) is 0 Å². The van der Waals surface area contributed by atoms with E-state index in [9.17, 15) is 9.59 Å². The molecule has 0 aliphatic carbocycles. The molecule has 2 rings (SSSR count). The van der Waals surface area contributed by atoms with Gasteiger partial charge >= 0.3 is 5.97 Å². The van der Waals surface area contributed by atoms with Crippen LogP contribution in [0.15, 0.2) is 42.7 Å². The van der Waals surface area contributed by atoms with Crippen molar-refractivity contribution < 1.29 is 14.7 Å². The van der Waals surface area contributed by atoms with E-state index < -0.39 is 5.97 Å². The highest BCUT2D eigenvalue weighted by Gasteiger charge is 2.11. The van der Waals surface area contributed by atoms with Crippen LogP contribution in [-0.2, 0) is 6.42 Å². The van der Waals surface area contributed by atoms with Crippen LogP contribution in [0.5, 0.6) is 0 Å². The molecule has 1 amide bonds. The Morgan fingerprint density at radius 1 is 1.19 bits per heavy atom. The van der Waals surface area contributed by atoms with Gasteiger partial charge in [-0.2, -0.15) is 0 Å². The van der Waals surface area contributed by atoms with Gasteiger partial charge in [0.15, 0.2) is 0 Å². The molecule has 6 heteroatoms. The first-order chi connectivity index (χ1) is 10.1. The molecular weight excluding hydrogens is 292 g/mol. The molecule has 21 heavy (non-hydrogen) atoms. The molecule has 0 bridgehead atoms. The number of carbonyl (C=O) groups excluding carboxylic acids is 1. The molecule has 2 N–H and O–H groups in total. The van der Waals surface area contributed by atoms with Crippen molar-refractivity contribution in [2.75, 3.05) is 6.54 Å². The van der Waals surface area contributed by atoms with Crippen LogP contribution in [0.1, 0.15) is 26.3 Å². The van der Waals surface area contributed by atoms with Gasteiger partial charge in [0.25, 0.3) is 5.91 Å². The lowest BCUT2D eigenvalue weighted by Crippen LogP contribution is -2.26. The highest BCUT2D eigenvalue weighted by Crippen LogP contribution is 2.13. The maximum atomic E-state index is 11.9. The van der Waals surface area contributed by atoms with Crippen molar-refractivity contribution >= 4 is 23.5 Å². The fourth-order valence-corrected chi connectivity index (χ4v) is 2.09. The van der Waals surface area contributed by atoms with Crippen LogP contribution < -0.4 is 5.32 Å². The third kappa shape index (κ3) is 3.79. The summed E-state index contributed by atoms with van der Waals surface area (Å²) in [7, 11) is 0. The Balaban J connectivity index is 1.98. The molecule has 0 saturated carbocycles. The number of rotatable bonds is 5. The second-order valence-electron chi connectivity index (χ2n) is 4.32. The Bertz CT molecular complexity index is 673. The van der Waals surface area contributed by atoms with Crippen LogP contribution in [0.25, 0.3) is 0 Å². The molecule has 5 nitrogen and oxygen atoms in total. The van der Waals surface area contributed by atoms with Gasteiger partial charge in [-0.1, -0.05) is 29.8 Å². The molecule has 1 aromatic carbocycles. The number of carboxylic acid groups (broad SMARTS) is 1. The summed E-state index contributed by atoms with van der Waals surface area (Å²) in [5.74, 6) is -1.31. The lowest BCUT2D eigenvalue weighted by molar-refractivity contribution is 0.0695. The van der Waals surface area contributed by atoms with Crippen molar-refractivity contribution in [2.45, 2.75) is 6.42 Å². The Kier molecular flexibility index (Phi) is 4.90. The van der Waals surface area contributed by atoms with Crippen molar-refractivity contribution in [1.82, 2.24) is 10.3 Å². The number of hydrogen-bond acceptors (Lipinski definition) is 3. The van der Waals surface area contributed by atoms with Crippen LogP contribution in [0, 0.1) is 0 Å². The van der Waals surface area contributed by atoms with E-state index in [1.54, 1.807) is 18.2 Å². The van der Waals surface area contributed by atoms with Crippen molar-refractivity contribution in [3.63, 3.8) is 0 Å². The highest BCUT2D eigenvalue weighted by atomic mass is 35.5. The minimum atomic E-state index is -0.979. The Hall–Kier alpha value is -2.40. The first-order valence-electron chi connectivity index (χ1n) is 6.28. The van der Waals surface area contributed by atoms with E-state index in [4.69, 9.17) is 16.7 Å². The van der Waals surface area contributed by atoms with Crippen LogP contribution in [0.2, 0.25) is 5.02 Å². The zero-order valence-corrected chi connectivity index (χ0v) is 11.8. The summed E-state index contributed by atoms with van der Waals surface area (Å²) in [6.07, 6.45) is 3.32. The first kappa shape index (κ1) is 15.0. The SMILES string of the molecule is O=C(NCCc1ccccc1C(=O)O)c1cnccc1Cl. The van der Waals surface area contributed by atoms with Gasteiger partial charge < -0.3 is 10.4 Å². The first-order valence-corrected chi connectivity index (χ1v) is 6.66. The number of pyridine rings is 1. The van der Waals surface area contributed by atoms with E-state index in [0.717, 1.165) is 0 Å². The second kappa shape index (κ2) is 6.85. The van der Waals surface area contributed by atoms with Crippen molar-refractivity contribution in [3.05, 3.63) is 64.4 Å². The molecule has 0 saturated heterocycles. The van der Waals surface area contributed by atoms with Crippen LogP contribution >= 0.6 is 11.6 Å². The van der Waals surface area contributed by atoms with E-state index in [2.05, 4.69) is 10.3 Å². The molecule has 0 radical (unpaired) electrons. The fourth-order valence-electron chi connectivity index (χ4n) is 1.90. The number of halogens is 1. The summed E-state index contributed by atoms with van der Waals surface area (Å²) in [6, 6.07) is 8.24. The van der Waals surface area contributed by atoms with Crippen LogP contribution in [0.3, 0.4) is 0 Å². The van der Waals surface area contributed by atoms with Crippen LogP contribution in [0.4, 0.5) is 0 Å². The number of carbonyl (C=O) groups is 2.